The predicted molar refractivity (Wildman–Crippen MR) is 138 cm³/mol. The Labute approximate surface area is 204 Å². The van der Waals surface area contributed by atoms with Crippen molar-refractivity contribution in [2.45, 2.75) is 40.0 Å². The molecule has 0 saturated heterocycles. The SMILES string of the molecule is C=C(c1ccc(C(=O)N/N=C(\C)c2nn(C)c(-c3ccc4c(c3)CCC4)c2O)s1)N(CC)CC. The molecular weight excluding hydrogens is 446 g/mol. The Bertz CT molecular complexity index is 1270. The molecular formula is C26H31N5O2S. The lowest BCUT2D eigenvalue weighted by Crippen LogP contribution is -2.20. The average molecular weight is 478 g/mol. The minimum Gasteiger partial charge on any atom is -0.504 e. The molecule has 0 bridgehead atoms. The van der Waals surface area contributed by atoms with Gasteiger partial charge in [-0.05, 0) is 69.4 Å². The van der Waals surface area contributed by atoms with Crippen LogP contribution in [0.5, 0.6) is 5.75 Å². The van der Waals surface area contributed by atoms with Gasteiger partial charge in [0.2, 0.25) is 0 Å². The number of benzene rings is 1. The standard InChI is InChI=1S/C26H31N5O2S/c1-6-31(7-2)17(4)21-13-14-22(34-21)26(33)28-27-16(3)23-25(32)24(30(5)29-23)20-12-11-18-9-8-10-19(18)15-20/h11-15,32H,4,6-10H2,1-3,5H3,(H,28,33)/b27-16+. The summed E-state index contributed by atoms with van der Waals surface area (Å²) in [6, 6.07) is 9.98. The summed E-state index contributed by atoms with van der Waals surface area (Å²) in [5.74, 6) is -0.248. The maximum atomic E-state index is 12.7. The molecule has 1 aliphatic carbocycles. The van der Waals surface area contributed by atoms with E-state index in [0.29, 0.717) is 22.0 Å². The Balaban J connectivity index is 1.51. The van der Waals surface area contributed by atoms with Crippen molar-refractivity contribution < 1.29 is 9.90 Å². The van der Waals surface area contributed by atoms with Gasteiger partial charge in [0.05, 0.1) is 15.5 Å². The van der Waals surface area contributed by atoms with Crippen molar-refractivity contribution in [2.75, 3.05) is 13.1 Å². The molecule has 34 heavy (non-hydrogen) atoms. The van der Waals surface area contributed by atoms with Crippen molar-refractivity contribution in [2.24, 2.45) is 12.1 Å². The van der Waals surface area contributed by atoms with E-state index in [1.807, 2.05) is 12.1 Å². The highest BCUT2D eigenvalue weighted by atomic mass is 32.1. The van der Waals surface area contributed by atoms with Crippen LogP contribution in [-0.2, 0) is 19.9 Å². The minimum absolute atomic E-state index is 0.0601. The molecule has 0 unspecified atom stereocenters. The first-order valence-electron chi connectivity index (χ1n) is 11.6. The van der Waals surface area contributed by atoms with Crippen LogP contribution in [0.3, 0.4) is 0 Å². The molecule has 3 aromatic rings. The molecule has 0 aliphatic heterocycles. The van der Waals surface area contributed by atoms with E-state index in [1.54, 1.807) is 24.7 Å². The third-order valence-electron chi connectivity index (χ3n) is 6.32. The number of carbonyl (C=O) groups is 1. The van der Waals surface area contributed by atoms with Crippen LogP contribution in [0.25, 0.3) is 17.0 Å². The van der Waals surface area contributed by atoms with Crippen LogP contribution < -0.4 is 5.43 Å². The summed E-state index contributed by atoms with van der Waals surface area (Å²) >= 11 is 1.38. The van der Waals surface area contributed by atoms with E-state index >= 15 is 0 Å². The maximum Gasteiger partial charge on any atom is 0.281 e. The molecule has 0 atom stereocenters. The van der Waals surface area contributed by atoms with Crippen LogP contribution >= 0.6 is 11.3 Å². The van der Waals surface area contributed by atoms with Crippen molar-refractivity contribution in [3.05, 3.63) is 63.5 Å². The number of hydrazone groups is 1. The van der Waals surface area contributed by atoms with Crippen molar-refractivity contribution in [3.8, 4) is 17.0 Å². The number of fused-ring (bicyclic) bond motifs is 1. The number of hydrogen-bond acceptors (Lipinski definition) is 6. The van der Waals surface area contributed by atoms with Crippen molar-refractivity contribution in [1.82, 2.24) is 20.1 Å². The van der Waals surface area contributed by atoms with Gasteiger partial charge in [0.25, 0.3) is 5.91 Å². The Morgan fingerprint density at radius 1 is 1.21 bits per heavy atom. The molecule has 178 valence electrons. The lowest BCUT2D eigenvalue weighted by molar-refractivity contribution is 0.0959. The highest BCUT2D eigenvalue weighted by Crippen LogP contribution is 2.35. The largest absolute Gasteiger partial charge is 0.504 e. The summed E-state index contributed by atoms with van der Waals surface area (Å²) < 4.78 is 1.66. The van der Waals surface area contributed by atoms with Crippen molar-refractivity contribution in [1.29, 1.82) is 0 Å². The van der Waals surface area contributed by atoms with Gasteiger partial charge in [-0.25, -0.2) is 5.43 Å². The van der Waals surface area contributed by atoms with Crippen LogP contribution in [0.1, 0.15) is 58.6 Å². The zero-order chi connectivity index (χ0) is 24.4. The quantitative estimate of drug-likeness (QED) is 0.360. The van der Waals surface area contributed by atoms with Crippen molar-refractivity contribution in [3.63, 3.8) is 0 Å². The number of aromatic nitrogens is 2. The molecule has 1 aromatic carbocycles. The molecule has 1 aliphatic rings. The average Bonchev–Trinajstić information content (AvgIpc) is 3.56. The highest BCUT2D eigenvalue weighted by Gasteiger charge is 2.21. The van der Waals surface area contributed by atoms with E-state index in [2.05, 4.69) is 53.1 Å². The summed E-state index contributed by atoms with van der Waals surface area (Å²) in [6.07, 6.45) is 3.34. The Morgan fingerprint density at radius 2 is 1.91 bits per heavy atom. The van der Waals surface area contributed by atoms with Crippen LogP contribution in [-0.4, -0.2) is 44.5 Å². The predicted octanol–water partition coefficient (Wildman–Crippen LogP) is 4.81. The summed E-state index contributed by atoms with van der Waals surface area (Å²) in [4.78, 5) is 16.3. The molecule has 2 aromatic heterocycles. The van der Waals surface area contributed by atoms with Gasteiger partial charge < -0.3 is 10.0 Å². The summed E-state index contributed by atoms with van der Waals surface area (Å²) in [5, 5.41) is 19.6. The fraction of sp³-hybridized carbons (Fsp3) is 0.346. The Hall–Kier alpha value is -3.39. The number of thiophene rings is 1. The number of aryl methyl sites for hydroxylation is 3. The molecule has 7 nitrogen and oxygen atoms in total. The first-order valence-corrected chi connectivity index (χ1v) is 12.4. The first kappa shape index (κ1) is 23.8. The molecule has 8 heteroatoms. The fourth-order valence-corrected chi connectivity index (χ4v) is 5.31. The van der Waals surface area contributed by atoms with Crippen LogP contribution in [0.15, 0.2) is 42.0 Å². The van der Waals surface area contributed by atoms with Gasteiger partial charge in [-0.15, -0.1) is 11.3 Å². The summed E-state index contributed by atoms with van der Waals surface area (Å²) in [7, 11) is 1.80. The van der Waals surface area contributed by atoms with Crippen LogP contribution in [0.4, 0.5) is 0 Å². The second-order valence-corrected chi connectivity index (χ2v) is 9.51. The van der Waals surface area contributed by atoms with Gasteiger partial charge in [0, 0.05) is 31.4 Å². The van der Waals surface area contributed by atoms with E-state index in [0.717, 1.165) is 42.1 Å². The third-order valence-corrected chi connectivity index (χ3v) is 7.45. The number of aromatic hydroxyl groups is 1. The van der Waals surface area contributed by atoms with E-state index in [-0.39, 0.29) is 11.7 Å². The normalized spacial score (nSPS) is 13.1. The van der Waals surface area contributed by atoms with Gasteiger partial charge in [-0.3, -0.25) is 9.48 Å². The lowest BCUT2D eigenvalue weighted by Gasteiger charge is -2.22. The number of nitrogens with one attached hydrogen (secondary N) is 1. The molecule has 2 N–H and O–H groups in total. The Morgan fingerprint density at radius 3 is 2.65 bits per heavy atom. The fourth-order valence-electron chi connectivity index (χ4n) is 4.42. The van der Waals surface area contributed by atoms with Gasteiger partial charge in [-0.1, -0.05) is 18.7 Å². The molecule has 0 saturated carbocycles. The second kappa shape index (κ2) is 9.85. The maximum absolute atomic E-state index is 12.7. The summed E-state index contributed by atoms with van der Waals surface area (Å²) in [5.41, 5.74) is 8.55. The topological polar surface area (TPSA) is 82.8 Å². The molecule has 4 rings (SSSR count). The van der Waals surface area contributed by atoms with E-state index in [1.165, 1.54) is 28.9 Å². The number of carbonyl (C=O) groups excluding carboxylic acids is 1. The zero-order valence-corrected chi connectivity index (χ0v) is 21.0. The number of nitrogens with zero attached hydrogens (tertiary/aromatic N) is 4. The van der Waals surface area contributed by atoms with Gasteiger partial charge in [-0.2, -0.15) is 10.2 Å². The van der Waals surface area contributed by atoms with E-state index < -0.39 is 0 Å². The number of amides is 1. The van der Waals surface area contributed by atoms with Crippen molar-refractivity contribution >= 4 is 28.7 Å². The third kappa shape index (κ3) is 4.50. The monoisotopic (exact) mass is 477 g/mol. The highest BCUT2D eigenvalue weighted by molar-refractivity contribution is 7.15. The second-order valence-electron chi connectivity index (χ2n) is 8.43. The molecule has 0 fully saturated rings. The number of hydrogen-bond donors (Lipinski definition) is 2. The first-order chi connectivity index (χ1) is 16.3. The minimum atomic E-state index is -0.308. The van der Waals surface area contributed by atoms with E-state index in [4.69, 9.17) is 0 Å². The molecule has 0 spiro atoms. The molecule has 1 amide bonds. The molecule has 0 radical (unpaired) electrons. The van der Waals surface area contributed by atoms with Gasteiger partial charge >= 0.3 is 0 Å². The van der Waals surface area contributed by atoms with Crippen LogP contribution in [0.2, 0.25) is 0 Å². The summed E-state index contributed by atoms with van der Waals surface area (Å²) in [6.45, 7) is 11.8. The number of rotatable bonds is 8. The smallest absolute Gasteiger partial charge is 0.281 e. The van der Waals surface area contributed by atoms with Gasteiger partial charge in [0.1, 0.15) is 5.69 Å². The molecule has 2 heterocycles. The lowest BCUT2D eigenvalue weighted by atomic mass is 10.0. The zero-order valence-electron chi connectivity index (χ0n) is 20.2. The van der Waals surface area contributed by atoms with E-state index in [9.17, 15) is 9.90 Å². The van der Waals surface area contributed by atoms with Crippen LogP contribution in [0, 0.1) is 0 Å². The van der Waals surface area contributed by atoms with Gasteiger partial charge in [0.15, 0.2) is 11.4 Å². The Kier molecular flexibility index (Phi) is 6.88.